The largest absolute Gasteiger partial charge is 0.492 e. The molecule has 0 spiro atoms. The van der Waals surface area contributed by atoms with Crippen molar-refractivity contribution in [3.8, 4) is 11.6 Å². The molecular weight excluding hydrogens is 591 g/mol. The molecule has 0 bridgehead atoms. The summed E-state index contributed by atoms with van der Waals surface area (Å²) >= 11 is 12.5. The lowest BCUT2D eigenvalue weighted by atomic mass is 9.90. The zero-order valence-corrected chi connectivity index (χ0v) is 24.8. The summed E-state index contributed by atoms with van der Waals surface area (Å²) in [7, 11) is -1.69. The van der Waals surface area contributed by atoms with Crippen molar-refractivity contribution in [2.24, 2.45) is 0 Å². The minimum Gasteiger partial charge on any atom is -0.492 e. The number of rotatable bonds is 7. The van der Waals surface area contributed by atoms with Crippen LogP contribution in [0, 0.1) is 5.41 Å². The molecule has 5 rings (SSSR count). The number of pyridine rings is 1. The molecule has 1 aromatic carbocycles. The minimum atomic E-state index is -3.44. The number of carbonyl (C=O) groups excluding carboxylic acids is 1. The number of nitrogens with zero attached hydrogens (tertiary/aromatic N) is 5. The number of aromatic hydroxyl groups is 1. The topological polar surface area (TPSA) is 166 Å². The van der Waals surface area contributed by atoms with Crippen molar-refractivity contribution in [3.05, 3.63) is 69.4 Å². The Morgan fingerprint density at radius 2 is 1.90 bits per heavy atom. The second kappa shape index (κ2) is 10.7. The lowest BCUT2D eigenvalue weighted by molar-refractivity contribution is 0.0716. The maximum absolute atomic E-state index is 13.4. The zero-order chi connectivity index (χ0) is 29.7. The van der Waals surface area contributed by atoms with Crippen LogP contribution in [0.2, 0.25) is 10.0 Å². The molecule has 15 heteroatoms. The first-order valence-electron chi connectivity index (χ1n) is 12.7. The maximum atomic E-state index is 13.4. The molecule has 216 valence electrons. The van der Waals surface area contributed by atoms with Crippen molar-refractivity contribution in [3.63, 3.8) is 0 Å². The summed E-state index contributed by atoms with van der Waals surface area (Å²) in [5, 5.41) is 27.1. The fraction of sp³-hybridized carbons (Fsp3) is 0.346. The van der Waals surface area contributed by atoms with E-state index < -0.39 is 27.5 Å². The zero-order valence-electron chi connectivity index (χ0n) is 22.4. The highest BCUT2D eigenvalue weighted by molar-refractivity contribution is 7.88. The van der Waals surface area contributed by atoms with Gasteiger partial charge in [-0.2, -0.15) is 0 Å². The number of aromatic nitrogens is 4. The molecular formula is C26H28Cl2N8O4S. The molecule has 2 aromatic heterocycles. The first kappa shape index (κ1) is 29.0. The molecule has 1 atom stereocenters. The van der Waals surface area contributed by atoms with Gasteiger partial charge >= 0.3 is 0 Å². The first-order valence-corrected chi connectivity index (χ1v) is 15.3. The van der Waals surface area contributed by atoms with E-state index in [9.17, 15) is 18.3 Å². The fourth-order valence-electron chi connectivity index (χ4n) is 5.11. The molecule has 1 saturated carbocycles. The van der Waals surface area contributed by atoms with E-state index in [0.717, 1.165) is 17.4 Å². The Labute approximate surface area is 247 Å². The number of amides is 1. The Balaban J connectivity index is 1.41. The van der Waals surface area contributed by atoms with E-state index in [-0.39, 0.29) is 28.1 Å². The van der Waals surface area contributed by atoms with Crippen LogP contribution in [0.1, 0.15) is 47.9 Å². The molecule has 12 nitrogen and oxygen atoms in total. The van der Waals surface area contributed by atoms with Crippen molar-refractivity contribution in [2.45, 2.75) is 37.8 Å². The van der Waals surface area contributed by atoms with Gasteiger partial charge in [0.1, 0.15) is 12.0 Å². The standard InChI is InChI=1S/C26H28Cl2N8O4S/c1-14-21(29)19(22(30-2)15-8-16(10-17(27)9-15)26(5-6-26)34-41(3,39)40)4-7-35(14)25(38)23-32-13-36(33-23)20-11-18(28)12-31-24(20)37/h8-14,29-30,34H,4-7H2,1-3H3,(H,31,37)/b22-19-,29-21?/t14-/m0/s1. The van der Waals surface area contributed by atoms with Crippen LogP contribution in [-0.2, 0) is 15.6 Å². The van der Waals surface area contributed by atoms with Crippen LogP contribution in [-0.4, -0.2) is 75.7 Å². The van der Waals surface area contributed by atoms with E-state index >= 15 is 0 Å². The lowest BCUT2D eigenvalue weighted by Crippen LogP contribution is -2.48. The number of hydrogen-bond donors (Lipinski definition) is 4. The number of benzene rings is 1. The summed E-state index contributed by atoms with van der Waals surface area (Å²) in [5.74, 6) is -0.879. The fourth-order valence-corrected chi connectivity index (χ4v) is 6.53. The van der Waals surface area contributed by atoms with Crippen LogP contribution in [0.25, 0.3) is 11.4 Å². The van der Waals surface area contributed by atoms with E-state index in [4.69, 9.17) is 28.6 Å². The normalized spacial score (nSPS) is 19.7. The highest BCUT2D eigenvalue weighted by atomic mass is 35.5. The third-order valence-corrected chi connectivity index (χ3v) is 8.43. The minimum absolute atomic E-state index is 0.0992. The van der Waals surface area contributed by atoms with Crippen molar-refractivity contribution in [1.29, 1.82) is 5.41 Å². The predicted octanol–water partition coefficient (Wildman–Crippen LogP) is 3.10. The molecule has 41 heavy (non-hydrogen) atoms. The third kappa shape index (κ3) is 5.80. The van der Waals surface area contributed by atoms with Gasteiger partial charge in [-0.25, -0.2) is 27.8 Å². The molecule has 2 aliphatic rings. The number of likely N-dealkylation sites (tertiary alicyclic amines) is 1. The Hall–Kier alpha value is -3.52. The van der Waals surface area contributed by atoms with Gasteiger partial charge in [-0.1, -0.05) is 23.2 Å². The third-order valence-electron chi connectivity index (χ3n) is 7.24. The second-order valence-electron chi connectivity index (χ2n) is 10.1. The molecule has 1 amide bonds. The number of carbonyl (C=O) groups is 1. The summed E-state index contributed by atoms with van der Waals surface area (Å²) in [5.41, 5.74) is 2.59. The highest BCUT2D eigenvalue weighted by Crippen LogP contribution is 2.47. The molecule has 0 unspecified atom stereocenters. The number of sulfonamides is 1. The Morgan fingerprint density at radius 1 is 1.17 bits per heavy atom. The first-order chi connectivity index (χ1) is 19.3. The van der Waals surface area contributed by atoms with Crippen molar-refractivity contribution in [2.75, 3.05) is 19.8 Å². The van der Waals surface area contributed by atoms with Gasteiger partial charge in [0, 0.05) is 36.1 Å². The van der Waals surface area contributed by atoms with Gasteiger partial charge < -0.3 is 20.7 Å². The van der Waals surface area contributed by atoms with Crippen LogP contribution < -0.4 is 10.0 Å². The van der Waals surface area contributed by atoms with Crippen LogP contribution in [0.4, 0.5) is 0 Å². The van der Waals surface area contributed by atoms with Gasteiger partial charge in [0.15, 0.2) is 0 Å². The molecule has 3 aromatic rings. The summed E-state index contributed by atoms with van der Waals surface area (Å²) in [6, 6.07) is 6.28. The number of halogens is 2. The number of nitrogens with one attached hydrogen (secondary N) is 3. The Morgan fingerprint density at radius 3 is 2.56 bits per heavy atom. The Bertz CT molecular complexity index is 1700. The average Bonchev–Trinajstić information content (AvgIpc) is 3.50. The van der Waals surface area contributed by atoms with Crippen molar-refractivity contribution < 1.29 is 18.3 Å². The van der Waals surface area contributed by atoms with E-state index in [1.807, 2.05) is 6.07 Å². The van der Waals surface area contributed by atoms with Crippen LogP contribution in [0.3, 0.4) is 0 Å². The number of piperidine rings is 1. The van der Waals surface area contributed by atoms with E-state index in [1.54, 1.807) is 26.1 Å². The maximum Gasteiger partial charge on any atom is 0.294 e. The Kier molecular flexibility index (Phi) is 7.57. The van der Waals surface area contributed by atoms with Gasteiger partial charge in [-0.05, 0) is 61.6 Å². The predicted molar refractivity (Wildman–Crippen MR) is 155 cm³/mol. The molecule has 3 heterocycles. The van der Waals surface area contributed by atoms with Gasteiger partial charge in [0.2, 0.25) is 21.7 Å². The smallest absolute Gasteiger partial charge is 0.294 e. The molecule has 0 radical (unpaired) electrons. The van der Waals surface area contributed by atoms with Gasteiger partial charge in [0.25, 0.3) is 5.91 Å². The molecule has 4 N–H and O–H groups in total. The summed E-state index contributed by atoms with van der Waals surface area (Å²) in [4.78, 5) is 22.8. The lowest BCUT2D eigenvalue weighted by Gasteiger charge is -2.35. The van der Waals surface area contributed by atoms with Gasteiger partial charge in [-0.15, -0.1) is 5.10 Å². The molecule has 1 saturated heterocycles. The number of hydrogen-bond acceptors (Lipinski definition) is 9. The van der Waals surface area contributed by atoms with Crippen molar-refractivity contribution >= 4 is 50.5 Å². The van der Waals surface area contributed by atoms with Gasteiger partial charge in [-0.3, -0.25) is 4.79 Å². The van der Waals surface area contributed by atoms with E-state index in [0.29, 0.717) is 42.1 Å². The average molecular weight is 620 g/mol. The van der Waals surface area contributed by atoms with E-state index in [1.165, 1.54) is 28.2 Å². The SMILES string of the molecule is CN/C(=C1/CCN(C(=O)c2ncn(-c3cc(Cl)cnc3O)n2)[C@@H](C)C1=N)c1cc(Cl)cc(C2(NS(C)(=O)=O)CC2)c1. The van der Waals surface area contributed by atoms with Crippen LogP contribution in [0.5, 0.6) is 5.88 Å². The quantitative estimate of drug-likeness (QED) is 0.313. The highest BCUT2D eigenvalue weighted by Gasteiger charge is 2.47. The van der Waals surface area contributed by atoms with Crippen LogP contribution >= 0.6 is 23.2 Å². The monoisotopic (exact) mass is 618 g/mol. The molecule has 1 aliphatic heterocycles. The summed E-state index contributed by atoms with van der Waals surface area (Å²) in [6.07, 6.45) is 5.40. The summed E-state index contributed by atoms with van der Waals surface area (Å²) < 4.78 is 27.9. The van der Waals surface area contributed by atoms with Gasteiger partial charge in [0.05, 0.1) is 28.6 Å². The van der Waals surface area contributed by atoms with Crippen LogP contribution in [0.15, 0.2) is 42.4 Å². The van der Waals surface area contributed by atoms with Crippen molar-refractivity contribution in [1.82, 2.24) is 34.7 Å². The van der Waals surface area contributed by atoms with E-state index in [2.05, 4.69) is 25.1 Å². The summed E-state index contributed by atoms with van der Waals surface area (Å²) in [6.45, 7) is 2.06. The molecule has 1 aliphatic carbocycles. The molecule has 2 fully saturated rings. The second-order valence-corrected chi connectivity index (χ2v) is 12.8.